The van der Waals surface area contributed by atoms with Gasteiger partial charge >= 0.3 is 0 Å². The van der Waals surface area contributed by atoms with Crippen molar-refractivity contribution in [2.75, 3.05) is 7.11 Å². The molecule has 0 aliphatic rings. The van der Waals surface area contributed by atoms with Crippen molar-refractivity contribution in [1.29, 1.82) is 0 Å². The van der Waals surface area contributed by atoms with Gasteiger partial charge in [0, 0.05) is 0 Å². The zero-order valence-corrected chi connectivity index (χ0v) is 9.72. The number of nitrogens with zero attached hydrogens (tertiary/aromatic N) is 1. The van der Waals surface area contributed by atoms with E-state index in [-0.39, 0.29) is 15.2 Å². The quantitative estimate of drug-likeness (QED) is 0.734. The van der Waals surface area contributed by atoms with Crippen molar-refractivity contribution in [1.82, 2.24) is 4.98 Å². The molecule has 0 unspecified atom stereocenters. The van der Waals surface area contributed by atoms with E-state index in [1.54, 1.807) is 0 Å². The molecule has 1 rings (SSSR count). The molecule has 0 radical (unpaired) electrons. The summed E-state index contributed by atoms with van der Waals surface area (Å²) in [7, 11) is 1.47. The zero-order chi connectivity index (χ0) is 9.30. The number of hydrogen-bond acceptors (Lipinski definition) is 2. The van der Waals surface area contributed by atoms with E-state index >= 15 is 0 Å². The van der Waals surface area contributed by atoms with Crippen LogP contribution in [0.2, 0.25) is 15.2 Å². The second kappa shape index (κ2) is 4.01. The second-order valence-corrected chi connectivity index (χ2v) is 3.72. The first-order valence-corrected chi connectivity index (χ1v) is 4.74. The molecule has 6 heteroatoms. The Morgan fingerprint density at radius 3 is 2.33 bits per heavy atom. The van der Waals surface area contributed by atoms with Crippen LogP contribution in [0.25, 0.3) is 0 Å². The van der Waals surface area contributed by atoms with Crippen LogP contribution in [0.1, 0.15) is 0 Å². The molecule has 1 heterocycles. The third-order valence-corrected chi connectivity index (χ3v) is 2.89. The van der Waals surface area contributed by atoms with Crippen molar-refractivity contribution in [3.8, 4) is 5.75 Å². The molecule has 0 spiro atoms. The minimum atomic E-state index is 0.148. The lowest BCUT2D eigenvalue weighted by molar-refractivity contribution is 0.410. The van der Waals surface area contributed by atoms with Gasteiger partial charge in [-0.05, 0) is 15.9 Å². The Hall–Kier alpha value is 0.300. The smallest absolute Gasteiger partial charge is 0.171 e. The van der Waals surface area contributed by atoms with Gasteiger partial charge in [0.1, 0.15) is 10.0 Å². The summed E-state index contributed by atoms with van der Waals surface area (Å²) in [6.07, 6.45) is 0. The van der Waals surface area contributed by atoms with E-state index < -0.39 is 0 Å². The van der Waals surface area contributed by atoms with Crippen molar-refractivity contribution in [2.24, 2.45) is 0 Å². The lowest BCUT2D eigenvalue weighted by Gasteiger charge is -2.06. The summed E-state index contributed by atoms with van der Waals surface area (Å²) in [5.74, 6) is 0.381. The minimum Gasteiger partial charge on any atom is -0.492 e. The zero-order valence-electron chi connectivity index (χ0n) is 5.87. The number of pyridine rings is 1. The fourth-order valence-electron chi connectivity index (χ4n) is 0.641. The largest absolute Gasteiger partial charge is 0.492 e. The molecule has 2 nitrogen and oxygen atoms in total. The maximum atomic E-state index is 5.79. The van der Waals surface area contributed by atoms with Crippen LogP contribution in [-0.2, 0) is 0 Å². The third-order valence-electron chi connectivity index (χ3n) is 1.16. The van der Waals surface area contributed by atoms with E-state index in [0.29, 0.717) is 10.4 Å². The Balaban J connectivity index is 3.40. The van der Waals surface area contributed by atoms with Crippen LogP contribution >= 0.6 is 50.7 Å². The monoisotopic (exact) mass is 289 g/mol. The van der Waals surface area contributed by atoms with E-state index in [0.717, 1.165) is 0 Å². The molecular formula is C6H3BrCl3NO. The number of methoxy groups -OCH3 is 1. The fourth-order valence-corrected chi connectivity index (χ4v) is 2.01. The van der Waals surface area contributed by atoms with Gasteiger partial charge in [-0.2, -0.15) is 0 Å². The number of rotatable bonds is 1. The second-order valence-electron chi connectivity index (χ2n) is 1.85. The van der Waals surface area contributed by atoms with E-state index in [9.17, 15) is 0 Å². The molecule has 66 valence electrons. The van der Waals surface area contributed by atoms with Gasteiger partial charge in [-0.3, -0.25) is 0 Å². The number of aromatic nitrogens is 1. The Bertz CT molecular complexity index is 318. The summed E-state index contributed by atoms with van der Waals surface area (Å²) in [5.41, 5.74) is 0. The van der Waals surface area contributed by atoms with Gasteiger partial charge in [-0.25, -0.2) is 4.98 Å². The van der Waals surface area contributed by atoms with E-state index in [4.69, 9.17) is 39.5 Å². The topological polar surface area (TPSA) is 22.1 Å². The molecule has 0 N–H and O–H groups in total. The standard InChI is InChI=1S/C6H3BrCl3NO/c1-12-4-2(8)3(9)6(10)11-5(4)7/h1H3. The highest BCUT2D eigenvalue weighted by Gasteiger charge is 2.14. The maximum Gasteiger partial charge on any atom is 0.171 e. The molecule has 0 fully saturated rings. The fraction of sp³-hybridized carbons (Fsp3) is 0.167. The van der Waals surface area contributed by atoms with Crippen molar-refractivity contribution in [3.63, 3.8) is 0 Å². The lowest BCUT2D eigenvalue weighted by atomic mass is 10.4. The van der Waals surface area contributed by atoms with Crippen molar-refractivity contribution >= 4 is 50.7 Å². The van der Waals surface area contributed by atoms with Crippen LogP contribution in [-0.4, -0.2) is 12.1 Å². The molecule has 0 atom stereocenters. The Labute approximate surface area is 92.9 Å². The average molecular weight is 291 g/mol. The summed E-state index contributed by atoms with van der Waals surface area (Å²) in [6.45, 7) is 0. The number of ether oxygens (including phenoxy) is 1. The maximum absolute atomic E-state index is 5.79. The predicted octanol–water partition coefficient (Wildman–Crippen LogP) is 3.81. The van der Waals surface area contributed by atoms with E-state index in [2.05, 4.69) is 20.9 Å². The normalized spacial score (nSPS) is 10.1. The predicted molar refractivity (Wildman–Crippen MR) is 53.5 cm³/mol. The molecule has 1 aromatic rings. The first kappa shape index (κ1) is 10.4. The highest BCUT2D eigenvalue weighted by atomic mass is 79.9. The van der Waals surface area contributed by atoms with Crippen LogP contribution in [0, 0.1) is 0 Å². The van der Waals surface area contributed by atoms with Gasteiger partial charge in [0.05, 0.1) is 7.11 Å². The molecule has 0 aliphatic carbocycles. The molecule has 0 aliphatic heterocycles. The van der Waals surface area contributed by atoms with E-state index in [1.165, 1.54) is 7.11 Å². The highest BCUT2D eigenvalue weighted by Crippen LogP contribution is 2.40. The Morgan fingerprint density at radius 1 is 1.25 bits per heavy atom. The van der Waals surface area contributed by atoms with Gasteiger partial charge in [-0.1, -0.05) is 34.8 Å². The SMILES string of the molecule is COc1c(Br)nc(Cl)c(Cl)c1Cl. The van der Waals surface area contributed by atoms with Gasteiger partial charge in [0.2, 0.25) is 0 Å². The number of halogens is 4. The third kappa shape index (κ3) is 1.79. The minimum absolute atomic E-state index is 0.148. The van der Waals surface area contributed by atoms with Crippen LogP contribution in [0.15, 0.2) is 4.60 Å². The summed E-state index contributed by atoms with van der Waals surface area (Å²) in [5, 5.41) is 0.596. The van der Waals surface area contributed by atoms with Gasteiger partial charge in [-0.15, -0.1) is 0 Å². The van der Waals surface area contributed by atoms with Crippen molar-refractivity contribution < 1.29 is 4.74 Å². The van der Waals surface area contributed by atoms with Gasteiger partial charge in [0.15, 0.2) is 15.5 Å². The van der Waals surface area contributed by atoms with Crippen LogP contribution in [0.4, 0.5) is 0 Å². The van der Waals surface area contributed by atoms with Crippen molar-refractivity contribution in [3.05, 3.63) is 19.8 Å². The summed E-state index contributed by atoms with van der Waals surface area (Å²) >= 11 is 20.3. The summed E-state index contributed by atoms with van der Waals surface area (Å²) < 4.78 is 5.36. The van der Waals surface area contributed by atoms with Crippen LogP contribution < -0.4 is 4.74 Å². The first-order valence-electron chi connectivity index (χ1n) is 2.82. The van der Waals surface area contributed by atoms with Gasteiger partial charge in [0.25, 0.3) is 0 Å². The van der Waals surface area contributed by atoms with Crippen molar-refractivity contribution in [2.45, 2.75) is 0 Å². The highest BCUT2D eigenvalue weighted by molar-refractivity contribution is 9.10. The molecule has 0 aromatic carbocycles. The molecule has 1 aromatic heterocycles. The lowest BCUT2D eigenvalue weighted by Crippen LogP contribution is -1.90. The van der Waals surface area contributed by atoms with Gasteiger partial charge < -0.3 is 4.74 Å². The molecular weight excluding hydrogens is 288 g/mol. The summed E-state index contributed by atoms with van der Waals surface area (Å²) in [6, 6.07) is 0. The molecule has 0 amide bonds. The molecule has 0 bridgehead atoms. The molecule has 12 heavy (non-hydrogen) atoms. The van der Waals surface area contributed by atoms with E-state index in [1.807, 2.05) is 0 Å². The molecule has 0 saturated carbocycles. The Kier molecular flexibility index (Phi) is 3.47. The summed E-state index contributed by atoms with van der Waals surface area (Å²) in [4.78, 5) is 3.85. The number of hydrogen-bond donors (Lipinski definition) is 0. The first-order chi connectivity index (χ1) is 5.57. The van der Waals surface area contributed by atoms with Crippen LogP contribution in [0.3, 0.4) is 0 Å². The Morgan fingerprint density at radius 2 is 1.83 bits per heavy atom. The molecule has 0 saturated heterocycles. The average Bonchev–Trinajstić information content (AvgIpc) is 2.01. The van der Waals surface area contributed by atoms with Crippen LogP contribution in [0.5, 0.6) is 5.75 Å².